The van der Waals surface area contributed by atoms with Crippen molar-refractivity contribution >= 4 is 11.6 Å². The minimum atomic E-state index is 0.00612. The number of rotatable bonds is 3. The quantitative estimate of drug-likeness (QED) is 0.643. The summed E-state index contributed by atoms with van der Waals surface area (Å²) in [4.78, 5) is 21.2. The van der Waals surface area contributed by atoms with E-state index in [0.29, 0.717) is 17.4 Å². The zero-order chi connectivity index (χ0) is 14.7. The van der Waals surface area contributed by atoms with Crippen molar-refractivity contribution in [3.8, 4) is 0 Å². The lowest BCUT2D eigenvalue weighted by atomic mass is 10.1. The van der Waals surface area contributed by atoms with Gasteiger partial charge in [-0.1, -0.05) is 6.42 Å². The van der Waals surface area contributed by atoms with Gasteiger partial charge in [0, 0.05) is 25.3 Å². The van der Waals surface area contributed by atoms with Crippen LogP contribution in [0.1, 0.15) is 36.2 Å². The lowest BCUT2D eigenvalue weighted by Crippen LogP contribution is -2.41. The molecule has 3 N–H and O–H groups in total. The van der Waals surface area contributed by atoms with Crippen LogP contribution in [0.3, 0.4) is 0 Å². The van der Waals surface area contributed by atoms with Crippen molar-refractivity contribution in [3.63, 3.8) is 0 Å². The number of likely N-dealkylation sites (tertiary alicyclic amines) is 2. The van der Waals surface area contributed by atoms with Crippen LogP contribution in [0.15, 0.2) is 18.3 Å². The molecular formula is C15H23N5O. The van der Waals surface area contributed by atoms with Crippen LogP contribution in [0.4, 0.5) is 5.69 Å². The maximum atomic E-state index is 12.5. The van der Waals surface area contributed by atoms with Crippen molar-refractivity contribution in [2.45, 2.75) is 31.7 Å². The second kappa shape index (κ2) is 6.41. The topological polar surface area (TPSA) is 74.5 Å². The second-order valence-corrected chi connectivity index (χ2v) is 5.86. The van der Waals surface area contributed by atoms with Gasteiger partial charge in [-0.2, -0.15) is 0 Å². The molecular weight excluding hydrogens is 266 g/mol. The zero-order valence-electron chi connectivity index (χ0n) is 12.3. The van der Waals surface area contributed by atoms with Gasteiger partial charge in [-0.25, -0.2) is 0 Å². The lowest BCUT2D eigenvalue weighted by molar-refractivity contribution is 0.0766. The third-order valence-corrected chi connectivity index (χ3v) is 4.50. The van der Waals surface area contributed by atoms with Gasteiger partial charge < -0.3 is 10.3 Å². The minimum absolute atomic E-state index is 0.00612. The number of hydrogen-bond acceptors (Lipinski definition) is 5. The molecule has 1 unspecified atom stereocenters. The Morgan fingerprint density at radius 1 is 1.29 bits per heavy atom. The number of nitrogens with two attached hydrogens (primary N) is 1. The van der Waals surface area contributed by atoms with Crippen LogP contribution in [0.25, 0.3) is 0 Å². The molecule has 1 aromatic rings. The summed E-state index contributed by atoms with van der Waals surface area (Å²) in [6.07, 6.45) is 6.60. The van der Waals surface area contributed by atoms with Gasteiger partial charge in [0.2, 0.25) is 0 Å². The predicted octanol–water partition coefficient (Wildman–Crippen LogP) is 1.07. The first kappa shape index (κ1) is 14.3. The van der Waals surface area contributed by atoms with Gasteiger partial charge in [0.1, 0.15) is 5.69 Å². The van der Waals surface area contributed by atoms with E-state index in [2.05, 4.69) is 15.3 Å². The standard InChI is InChI=1S/C15H23N5O/c16-18-12-4-6-17-14(10-12)15(21)20-9-5-13(11-20)19-7-2-1-3-8-19/h4,6,10,13H,1-3,5,7-9,11,16H2,(H,17,18). The number of hydrazine groups is 1. The highest BCUT2D eigenvalue weighted by Crippen LogP contribution is 2.21. The first-order chi connectivity index (χ1) is 10.3. The molecule has 2 fully saturated rings. The highest BCUT2D eigenvalue weighted by molar-refractivity contribution is 5.93. The maximum Gasteiger partial charge on any atom is 0.272 e. The Labute approximate surface area is 125 Å². The smallest absolute Gasteiger partial charge is 0.272 e. The number of aromatic nitrogens is 1. The van der Waals surface area contributed by atoms with Crippen molar-refractivity contribution in [1.29, 1.82) is 0 Å². The Morgan fingerprint density at radius 3 is 2.86 bits per heavy atom. The Hall–Kier alpha value is -1.66. The molecule has 0 saturated carbocycles. The molecule has 0 radical (unpaired) electrons. The third kappa shape index (κ3) is 3.16. The Kier molecular flexibility index (Phi) is 4.36. The Morgan fingerprint density at radius 2 is 2.10 bits per heavy atom. The molecule has 3 heterocycles. The molecule has 2 aliphatic heterocycles. The molecule has 3 rings (SSSR count). The highest BCUT2D eigenvalue weighted by atomic mass is 16.2. The Bertz CT molecular complexity index is 501. The molecule has 2 saturated heterocycles. The molecule has 2 aliphatic rings. The van der Waals surface area contributed by atoms with Crippen molar-refractivity contribution in [2.24, 2.45) is 5.84 Å². The number of hydrogen-bond donors (Lipinski definition) is 2. The van der Waals surface area contributed by atoms with Crippen molar-refractivity contribution in [3.05, 3.63) is 24.0 Å². The molecule has 0 aliphatic carbocycles. The van der Waals surface area contributed by atoms with Crippen LogP contribution in [0.5, 0.6) is 0 Å². The van der Waals surface area contributed by atoms with Crippen LogP contribution in [0, 0.1) is 0 Å². The maximum absolute atomic E-state index is 12.5. The fourth-order valence-electron chi connectivity index (χ4n) is 3.31. The third-order valence-electron chi connectivity index (χ3n) is 4.50. The summed E-state index contributed by atoms with van der Waals surface area (Å²) in [6.45, 7) is 4.00. The molecule has 0 bridgehead atoms. The molecule has 6 heteroatoms. The first-order valence-electron chi connectivity index (χ1n) is 7.74. The summed E-state index contributed by atoms with van der Waals surface area (Å²) >= 11 is 0. The molecule has 1 atom stereocenters. The van der Waals surface area contributed by atoms with Gasteiger partial charge in [0.05, 0.1) is 5.69 Å². The van der Waals surface area contributed by atoms with Crippen molar-refractivity contribution < 1.29 is 4.79 Å². The van der Waals surface area contributed by atoms with Crippen LogP contribution >= 0.6 is 0 Å². The van der Waals surface area contributed by atoms with Crippen LogP contribution in [-0.2, 0) is 0 Å². The fourth-order valence-corrected chi connectivity index (χ4v) is 3.31. The molecule has 1 aromatic heterocycles. The molecule has 1 amide bonds. The largest absolute Gasteiger partial charge is 0.336 e. The molecule has 6 nitrogen and oxygen atoms in total. The second-order valence-electron chi connectivity index (χ2n) is 5.86. The van der Waals surface area contributed by atoms with E-state index < -0.39 is 0 Å². The number of carbonyl (C=O) groups is 1. The van der Waals surface area contributed by atoms with E-state index in [4.69, 9.17) is 5.84 Å². The number of pyridine rings is 1. The van der Waals surface area contributed by atoms with Crippen LogP contribution in [-0.4, -0.2) is 52.9 Å². The van der Waals surface area contributed by atoms with Crippen LogP contribution < -0.4 is 11.3 Å². The van der Waals surface area contributed by atoms with Gasteiger partial charge in [0.25, 0.3) is 5.91 Å². The number of carbonyl (C=O) groups excluding carboxylic acids is 1. The van der Waals surface area contributed by atoms with Gasteiger partial charge >= 0.3 is 0 Å². The monoisotopic (exact) mass is 289 g/mol. The summed E-state index contributed by atoms with van der Waals surface area (Å²) in [6, 6.07) is 3.97. The highest BCUT2D eigenvalue weighted by Gasteiger charge is 2.31. The number of nitrogens with zero attached hydrogens (tertiary/aromatic N) is 3. The van der Waals surface area contributed by atoms with Gasteiger partial charge in [-0.15, -0.1) is 0 Å². The number of anilines is 1. The SMILES string of the molecule is NNc1ccnc(C(=O)N2CCC(N3CCCCC3)C2)c1. The molecule has 0 aromatic carbocycles. The number of piperidine rings is 1. The van der Waals surface area contributed by atoms with E-state index in [9.17, 15) is 4.79 Å². The minimum Gasteiger partial charge on any atom is -0.336 e. The molecule has 21 heavy (non-hydrogen) atoms. The van der Waals surface area contributed by atoms with Gasteiger partial charge in [-0.05, 0) is 44.5 Å². The zero-order valence-corrected chi connectivity index (χ0v) is 12.3. The predicted molar refractivity (Wildman–Crippen MR) is 81.8 cm³/mol. The van der Waals surface area contributed by atoms with E-state index in [-0.39, 0.29) is 5.91 Å². The van der Waals surface area contributed by atoms with Gasteiger partial charge in [-0.3, -0.25) is 20.5 Å². The first-order valence-corrected chi connectivity index (χ1v) is 7.74. The molecule has 114 valence electrons. The van der Waals surface area contributed by atoms with Crippen LogP contribution in [0.2, 0.25) is 0 Å². The fraction of sp³-hybridized carbons (Fsp3) is 0.600. The number of nitrogens with one attached hydrogen (secondary N) is 1. The van der Waals surface area contributed by atoms with E-state index in [1.807, 2.05) is 4.90 Å². The summed E-state index contributed by atoms with van der Waals surface area (Å²) in [5.41, 5.74) is 3.73. The number of nitrogen functional groups attached to an aromatic ring is 1. The summed E-state index contributed by atoms with van der Waals surface area (Å²) in [7, 11) is 0. The van der Waals surface area contributed by atoms with Crippen molar-refractivity contribution in [1.82, 2.24) is 14.8 Å². The number of amides is 1. The van der Waals surface area contributed by atoms with E-state index in [1.54, 1.807) is 18.3 Å². The van der Waals surface area contributed by atoms with Crippen molar-refractivity contribution in [2.75, 3.05) is 31.6 Å². The molecule has 0 spiro atoms. The van der Waals surface area contributed by atoms with E-state index in [0.717, 1.165) is 19.5 Å². The lowest BCUT2D eigenvalue weighted by Gasteiger charge is -2.32. The van der Waals surface area contributed by atoms with E-state index >= 15 is 0 Å². The Balaban J connectivity index is 1.63. The summed E-state index contributed by atoms with van der Waals surface area (Å²) in [5, 5.41) is 0. The van der Waals surface area contributed by atoms with E-state index in [1.165, 1.54) is 32.4 Å². The average Bonchev–Trinajstić information content (AvgIpc) is 3.05. The average molecular weight is 289 g/mol. The summed E-state index contributed by atoms with van der Waals surface area (Å²) in [5.74, 6) is 5.39. The normalized spacial score (nSPS) is 23.3. The summed E-state index contributed by atoms with van der Waals surface area (Å²) < 4.78 is 0. The van der Waals surface area contributed by atoms with Gasteiger partial charge in [0.15, 0.2) is 0 Å².